The summed E-state index contributed by atoms with van der Waals surface area (Å²) in [6.45, 7) is 6.03. The summed E-state index contributed by atoms with van der Waals surface area (Å²) in [4.78, 5) is 23.4. The van der Waals surface area contributed by atoms with Gasteiger partial charge in [-0.25, -0.2) is 0 Å². The first kappa shape index (κ1) is 16.2. The fraction of sp³-hybridized carbons (Fsp3) is 0.467. The van der Waals surface area contributed by atoms with Gasteiger partial charge in [0.1, 0.15) is 5.75 Å². The highest BCUT2D eigenvalue weighted by Crippen LogP contribution is 2.23. The molecule has 1 atom stereocenters. The number of carbonyl (C=O) groups excluding carboxylic acids is 1. The molecule has 1 unspecified atom stereocenters. The fourth-order valence-electron chi connectivity index (χ4n) is 2.28. The summed E-state index contributed by atoms with van der Waals surface area (Å²) in [5.74, 6) is -0.491. The summed E-state index contributed by atoms with van der Waals surface area (Å²) in [6, 6.07) is 2.86. The highest BCUT2D eigenvalue weighted by atomic mass is 16.5. The maximum Gasteiger partial charge on any atom is 0.305 e. The van der Waals surface area contributed by atoms with Crippen LogP contribution in [0.25, 0.3) is 0 Å². The molecule has 0 saturated carbocycles. The van der Waals surface area contributed by atoms with Crippen molar-refractivity contribution in [1.29, 1.82) is 0 Å². The lowest BCUT2D eigenvalue weighted by Gasteiger charge is -2.18. The number of hydrogen-bond donors (Lipinski definition) is 2. The monoisotopic (exact) mass is 279 g/mol. The van der Waals surface area contributed by atoms with E-state index in [1.807, 2.05) is 20.8 Å². The van der Waals surface area contributed by atoms with Gasteiger partial charge in [0.15, 0.2) is 5.78 Å². The number of ketones is 1. The molecule has 0 aliphatic carbocycles. The number of Topliss-reactive ketones (excluding diaryl/α,β-unsaturated/α-hetero) is 1. The number of rotatable bonds is 7. The zero-order valence-corrected chi connectivity index (χ0v) is 12.3. The van der Waals surface area contributed by atoms with E-state index in [0.717, 1.165) is 11.1 Å². The molecule has 2 N–H and O–H groups in total. The lowest BCUT2D eigenvalue weighted by atomic mass is 9.93. The Hall–Kier alpha value is -1.88. The highest BCUT2D eigenvalue weighted by molar-refractivity contribution is 6.04. The van der Waals surface area contributed by atoms with E-state index in [-0.39, 0.29) is 12.2 Å². The number of methoxy groups -OCH3 is 1. The number of carbonyl (C=O) groups is 2. The van der Waals surface area contributed by atoms with Gasteiger partial charge in [-0.2, -0.15) is 0 Å². The van der Waals surface area contributed by atoms with Crippen molar-refractivity contribution in [3.05, 3.63) is 28.8 Å². The van der Waals surface area contributed by atoms with Crippen molar-refractivity contribution < 1.29 is 19.4 Å². The Morgan fingerprint density at radius 1 is 1.30 bits per heavy atom. The molecule has 5 nitrogen and oxygen atoms in total. The first-order valence-corrected chi connectivity index (χ1v) is 6.55. The van der Waals surface area contributed by atoms with Gasteiger partial charge in [0, 0.05) is 5.56 Å². The Morgan fingerprint density at radius 3 is 2.25 bits per heavy atom. The number of likely N-dealkylation sites (N-methyl/N-ethyl adjacent to an activating group) is 1. The Labute approximate surface area is 118 Å². The van der Waals surface area contributed by atoms with Crippen LogP contribution in [0.2, 0.25) is 0 Å². The first-order valence-electron chi connectivity index (χ1n) is 6.55. The molecule has 0 aliphatic heterocycles. The molecule has 0 radical (unpaired) electrons. The summed E-state index contributed by atoms with van der Waals surface area (Å²) < 4.78 is 5.16. The van der Waals surface area contributed by atoms with E-state index in [1.54, 1.807) is 19.2 Å². The molecule has 0 fully saturated rings. The molecule has 0 heterocycles. The van der Waals surface area contributed by atoms with E-state index < -0.39 is 12.0 Å². The molecular formula is C15H21NO4. The second-order valence-corrected chi connectivity index (χ2v) is 4.71. The van der Waals surface area contributed by atoms with E-state index in [2.05, 4.69) is 5.32 Å². The molecular weight excluding hydrogens is 258 g/mol. The number of ether oxygens (including phenoxy) is 1. The van der Waals surface area contributed by atoms with Crippen LogP contribution in [0.3, 0.4) is 0 Å². The zero-order chi connectivity index (χ0) is 15.3. The van der Waals surface area contributed by atoms with E-state index >= 15 is 0 Å². The maximum atomic E-state index is 12.5. The van der Waals surface area contributed by atoms with Crippen LogP contribution < -0.4 is 10.1 Å². The summed E-state index contributed by atoms with van der Waals surface area (Å²) in [7, 11) is 1.57. The number of aliphatic carboxylic acids is 1. The van der Waals surface area contributed by atoms with Gasteiger partial charge in [-0.1, -0.05) is 6.92 Å². The molecule has 0 aromatic heterocycles. The van der Waals surface area contributed by atoms with Crippen LogP contribution in [0.4, 0.5) is 0 Å². The Bertz CT molecular complexity index is 488. The number of carboxylic acids is 1. The number of carboxylic acid groups (broad SMARTS) is 1. The minimum atomic E-state index is -0.992. The van der Waals surface area contributed by atoms with E-state index in [4.69, 9.17) is 9.84 Å². The zero-order valence-electron chi connectivity index (χ0n) is 12.3. The second kappa shape index (κ2) is 7.05. The third-order valence-electron chi connectivity index (χ3n) is 3.13. The van der Waals surface area contributed by atoms with Gasteiger partial charge < -0.3 is 15.2 Å². The molecule has 0 amide bonds. The molecule has 0 saturated heterocycles. The van der Waals surface area contributed by atoms with Crippen molar-refractivity contribution in [1.82, 2.24) is 5.32 Å². The van der Waals surface area contributed by atoms with Crippen LogP contribution in [0.5, 0.6) is 5.75 Å². The van der Waals surface area contributed by atoms with Gasteiger partial charge in [0.05, 0.1) is 19.6 Å². The quantitative estimate of drug-likeness (QED) is 0.746. The van der Waals surface area contributed by atoms with Gasteiger partial charge in [-0.15, -0.1) is 0 Å². The van der Waals surface area contributed by atoms with E-state index in [1.165, 1.54) is 0 Å². The lowest BCUT2D eigenvalue weighted by Crippen LogP contribution is -2.39. The molecule has 0 bridgehead atoms. The molecule has 20 heavy (non-hydrogen) atoms. The van der Waals surface area contributed by atoms with Crippen molar-refractivity contribution >= 4 is 11.8 Å². The topological polar surface area (TPSA) is 75.6 Å². The van der Waals surface area contributed by atoms with Gasteiger partial charge in [-0.3, -0.25) is 9.59 Å². The van der Waals surface area contributed by atoms with Crippen LogP contribution in [0.15, 0.2) is 12.1 Å². The van der Waals surface area contributed by atoms with Gasteiger partial charge in [0.25, 0.3) is 0 Å². The molecule has 1 aromatic carbocycles. The predicted molar refractivity (Wildman–Crippen MR) is 76.5 cm³/mol. The largest absolute Gasteiger partial charge is 0.497 e. The molecule has 1 aromatic rings. The standard InChI is InChI=1S/C15H21NO4/c1-5-16-12(8-13(17)18)15(19)14-9(2)6-11(20-4)7-10(14)3/h6-7,12,16H,5,8H2,1-4H3,(H,17,18). The third-order valence-corrected chi connectivity index (χ3v) is 3.13. The summed E-state index contributed by atoms with van der Waals surface area (Å²) in [5, 5.41) is 11.8. The average molecular weight is 279 g/mol. The third kappa shape index (κ3) is 3.81. The second-order valence-electron chi connectivity index (χ2n) is 4.71. The van der Waals surface area contributed by atoms with Crippen LogP contribution >= 0.6 is 0 Å². The summed E-state index contributed by atoms with van der Waals surface area (Å²) in [6.07, 6.45) is -0.225. The average Bonchev–Trinajstić information content (AvgIpc) is 2.36. The van der Waals surface area contributed by atoms with Gasteiger partial charge in [0.2, 0.25) is 0 Å². The molecule has 0 aliphatic rings. The smallest absolute Gasteiger partial charge is 0.305 e. The van der Waals surface area contributed by atoms with E-state index in [0.29, 0.717) is 17.9 Å². The van der Waals surface area contributed by atoms with Crippen molar-refractivity contribution in [2.24, 2.45) is 0 Å². The Balaban J connectivity index is 3.14. The number of nitrogens with one attached hydrogen (secondary N) is 1. The predicted octanol–water partition coefficient (Wildman–Crippen LogP) is 1.95. The highest BCUT2D eigenvalue weighted by Gasteiger charge is 2.25. The van der Waals surface area contributed by atoms with Crippen molar-refractivity contribution in [3.8, 4) is 5.75 Å². The molecule has 110 valence electrons. The summed E-state index contributed by atoms with van der Waals surface area (Å²) >= 11 is 0. The first-order chi connectivity index (χ1) is 9.40. The van der Waals surface area contributed by atoms with Crippen molar-refractivity contribution in [3.63, 3.8) is 0 Å². The molecule has 0 spiro atoms. The van der Waals surface area contributed by atoms with Crippen molar-refractivity contribution in [2.75, 3.05) is 13.7 Å². The minimum Gasteiger partial charge on any atom is -0.497 e. The number of aryl methyl sites for hydroxylation is 2. The fourth-order valence-corrected chi connectivity index (χ4v) is 2.28. The molecule has 5 heteroatoms. The molecule has 1 rings (SSSR count). The van der Waals surface area contributed by atoms with Crippen LogP contribution in [0, 0.1) is 13.8 Å². The van der Waals surface area contributed by atoms with E-state index in [9.17, 15) is 9.59 Å². The lowest BCUT2D eigenvalue weighted by molar-refractivity contribution is -0.137. The SMILES string of the molecule is CCNC(CC(=O)O)C(=O)c1c(C)cc(OC)cc1C. The van der Waals surface area contributed by atoms with Crippen molar-refractivity contribution in [2.45, 2.75) is 33.2 Å². The van der Waals surface area contributed by atoms with Gasteiger partial charge in [-0.05, 0) is 43.7 Å². The number of hydrogen-bond acceptors (Lipinski definition) is 4. The van der Waals surface area contributed by atoms with Gasteiger partial charge >= 0.3 is 5.97 Å². The summed E-state index contributed by atoms with van der Waals surface area (Å²) in [5.41, 5.74) is 2.15. The Kier molecular flexibility index (Phi) is 5.70. The van der Waals surface area contributed by atoms with Crippen LogP contribution in [-0.4, -0.2) is 36.6 Å². The maximum absolute atomic E-state index is 12.5. The number of benzene rings is 1. The minimum absolute atomic E-state index is 0.188. The Morgan fingerprint density at radius 2 is 1.85 bits per heavy atom. The van der Waals surface area contributed by atoms with Crippen LogP contribution in [0.1, 0.15) is 34.8 Å². The van der Waals surface area contributed by atoms with Crippen LogP contribution in [-0.2, 0) is 4.79 Å². The normalized spacial score (nSPS) is 12.0.